The summed E-state index contributed by atoms with van der Waals surface area (Å²) in [6, 6.07) is 12.4. The summed E-state index contributed by atoms with van der Waals surface area (Å²) in [6.45, 7) is 9.23. The van der Waals surface area contributed by atoms with Crippen molar-refractivity contribution in [2.45, 2.75) is 40.2 Å². The number of rotatable bonds is 5. The van der Waals surface area contributed by atoms with Crippen molar-refractivity contribution >= 4 is 0 Å². The van der Waals surface area contributed by atoms with Gasteiger partial charge in [0.05, 0.1) is 12.6 Å². The Morgan fingerprint density at radius 1 is 1.05 bits per heavy atom. The summed E-state index contributed by atoms with van der Waals surface area (Å²) < 4.78 is 5.71. The van der Waals surface area contributed by atoms with Crippen molar-refractivity contribution in [3.8, 4) is 5.75 Å². The van der Waals surface area contributed by atoms with Crippen LogP contribution in [0.2, 0.25) is 0 Å². The number of aryl methyl sites for hydroxylation is 3. The number of benzene rings is 2. The molecule has 2 aromatic carbocycles. The van der Waals surface area contributed by atoms with Gasteiger partial charge in [-0.2, -0.15) is 0 Å². The third-order valence-electron chi connectivity index (χ3n) is 3.74. The molecule has 0 aliphatic carbocycles. The van der Waals surface area contributed by atoms with E-state index in [-0.39, 0.29) is 6.04 Å². The summed E-state index contributed by atoms with van der Waals surface area (Å²) in [7, 11) is 0. The summed E-state index contributed by atoms with van der Waals surface area (Å²) in [5.41, 5.74) is 12.6. The van der Waals surface area contributed by atoms with E-state index in [0.717, 1.165) is 24.3 Å². The van der Waals surface area contributed by atoms with Crippen LogP contribution in [-0.4, -0.2) is 6.61 Å². The summed E-state index contributed by atoms with van der Waals surface area (Å²) in [4.78, 5) is 0. The third-order valence-corrected chi connectivity index (χ3v) is 3.74. The van der Waals surface area contributed by atoms with E-state index in [2.05, 4.69) is 52.0 Å². The fourth-order valence-corrected chi connectivity index (χ4v) is 2.87. The number of ether oxygens (including phenoxy) is 1. The molecule has 0 bridgehead atoms. The Labute approximate surface area is 127 Å². The normalized spacial score (nSPS) is 12.2. The molecule has 21 heavy (non-hydrogen) atoms. The molecule has 0 radical (unpaired) electrons. The highest BCUT2D eigenvalue weighted by molar-refractivity contribution is 5.45. The first-order chi connectivity index (χ1) is 10.0. The van der Waals surface area contributed by atoms with E-state index in [4.69, 9.17) is 10.5 Å². The Morgan fingerprint density at radius 2 is 1.71 bits per heavy atom. The quantitative estimate of drug-likeness (QED) is 0.880. The van der Waals surface area contributed by atoms with E-state index in [1.54, 1.807) is 0 Å². The molecule has 0 amide bonds. The minimum Gasteiger partial charge on any atom is -0.494 e. The van der Waals surface area contributed by atoms with Crippen LogP contribution in [0.3, 0.4) is 0 Å². The molecule has 2 N–H and O–H groups in total. The van der Waals surface area contributed by atoms with Gasteiger partial charge >= 0.3 is 0 Å². The van der Waals surface area contributed by atoms with Gasteiger partial charge in [-0.05, 0) is 61.6 Å². The SMILES string of the molecule is CCCOc1cccc(C(N)c2c(C)cc(C)cc2C)c1. The Morgan fingerprint density at radius 3 is 2.33 bits per heavy atom. The van der Waals surface area contributed by atoms with Crippen LogP contribution >= 0.6 is 0 Å². The summed E-state index contributed by atoms with van der Waals surface area (Å²) in [5, 5.41) is 0. The van der Waals surface area contributed by atoms with Gasteiger partial charge in [-0.1, -0.05) is 36.8 Å². The third kappa shape index (κ3) is 3.64. The molecule has 0 saturated carbocycles. The standard InChI is InChI=1S/C19H25NO/c1-5-9-21-17-8-6-7-16(12-17)19(20)18-14(3)10-13(2)11-15(18)4/h6-8,10-12,19H,5,9,20H2,1-4H3. The van der Waals surface area contributed by atoms with Crippen molar-refractivity contribution in [3.63, 3.8) is 0 Å². The van der Waals surface area contributed by atoms with Crippen LogP contribution < -0.4 is 10.5 Å². The van der Waals surface area contributed by atoms with E-state index in [0.29, 0.717) is 0 Å². The molecule has 2 heteroatoms. The summed E-state index contributed by atoms with van der Waals surface area (Å²) in [5.74, 6) is 0.896. The van der Waals surface area contributed by atoms with Crippen molar-refractivity contribution in [3.05, 3.63) is 64.2 Å². The second kappa shape index (κ2) is 6.77. The van der Waals surface area contributed by atoms with Crippen LogP contribution in [0.15, 0.2) is 36.4 Å². The molecule has 2 nitrogen and oxygen atoms in total. The van der Waals surface area contributed by atoms with Gasteiger partial charge in [0.15, 0.2) is 0 Å². The molecular formula is C19H25NO. The highest BCUT2D eigenvalue weighted by atomic mass is 16.5. The highest BCUT2D eigenvalue weighted by Crippen LogP contribution is 2.28. The average Bonchev–Trinajstić information content (AvgIpc) is 2.44. The van der Waals surface area contributed by atoms with Crippen molar-refractivity contribution in [2.75, 3.05) is 6.61 Å². The smallest absolute Gasteiger partial charge is 0.119 e. The van der Waals surface area contributed by atoms with Crippen molar-refractivity contribution < 1.29 is 4.74 Å². The van der Waals surface area contributed by atoms with Gasteiger partial charge in [0, 0.05) is 0 Å². The fourth-order valence-electron chi connectivity index (χ4n) is 2.87. The van der Waals surface area contributed by atoms with E-state index >= 15 is 0 Å². The van der Waals surface area contributed by atoms with E-state index in [9.17, 15) is 0 Å². The van der Waals surface area contributed by atoms with Crippen LogP contribution in [-0.2, 0) is 0 Å². The maximum atomic E-state index is 6.51. The number of hydrogen-bond donors (Lipinski definition) is 1. The molecule has 0 fully saturated rings. The minimum absolute atomic E-state index is 0.115. The molecule has 0 heterocycles. The lowest BCUT2D eigenvalue weighted by atomic mass is 9.90. The minimum atomic E-state index is -0.115. The first kappa shape index (κ1) is 15.6. The number of hydrogen-bond acceptors (Lipinski definition) is 2. The first-order valence-corrected chi connectivity index (χ1v) is 7.59. The lowest BCUT2D eigenvalue weighted by Gasteiger charge is -2.19. The van der Waals surface area contributed by atoms with Crippen LogP contribution in [0, 0.1) is 20.8 Å². The predicted octanol–water partition coefficient (Wildman–Crippen LogP) is 4.45. The predicted molar refractivity (Wildman–Crippen MR) is 88.9 cm³/mol. The van der Waals surface area contributed by atoms with Crippen molar-refractivity contribution in [1.29, 1.82) is 0 Å². The summed E-state index contributed by atoms with van der Waals surface area (Å²) >= 11 is 0. The van der Waals surface area contributed by atoms with E-state index in [1.165, 1.54) is 22.3 Å². The molecule has 0 aliphatic heterocycles. The highest BCUT2D eigenvalue weighted by Gasteiger charge is 2.15. The van der Waals surface area contributed by atoms with Gasteiger partial charge in [0.2, 0.25) is 0 Å². The zero-order valence-corrected chi connectivity index (χ0v) is 13.4. The number of nitrogens with two attached hydrogens (primary N) is 1. The molecule has 0 spiro atoms. The van der Waals surface area contributed by atoms with Crippen molar-refractivity contribution in [1.82, 2.24) is 0 Å². The molecular weight excluding hydrogens is 258 g/mol. The summed E-state index contributed by atoms with van der Waals surface area (Å²) in [6.07, 6.45) is 1.01. The molecule has 112 valence electrons. The lowest BCUT2D eigenvalue weighted by Crippen LogP contribution is -2.15. The van der Waals surface area contributed by atoms with Gasteiger partial charge in [0.25, 0.3) is 0 Å². The van der Waals surface area contributed by atoms with Crippen LogP contribution in [0.1, 0.15) is 47.2 Å². The maximum absolute atomic E-state index is 6.51. The second-order valence-corrected chi connectivity index (χ2v) is 5.71. The molecule has 1 atom stereocenters. The van der Waals surface area contributed by atoms with Gasteiger partial charge in [-0.3, -0.25) is 0 Å². The van der Waals surface area contributed by atoms with E-state index < -0.39 is 0 Å². The molecule has 0 aliphatic rings. The van der Waals surface area contributed by atoms with Gasteiger partial charge in [-0.25, -0.2) is 0 Å². The molecule has 0 saturated heterocycles. The topological polar surface area (TPSA) is 35.2 Å². The Balaban J connectivity index is 2.34. The van der Waals surface area contributed by atoms with Crippen LogP contribution in [0.5, 0.6) is 5.75 Å². The Kier molecular flexibility index (Phi) is 5.03. The van der Waals surface area contributed by atoms with E-state index in [1.807, 2.05) is 12.1 Å². The zero-order valence-electron chi connectivity index (χ0n) is 13.4. The van der Waals surface area contributed by atoms with Crippen molar-refractivity contribution in [2.24, 2.45) is 5.73 Å². The molecule has 0 aromatic heterocycles. The van der Waals surface area contributed by atoms with Gasteiger partial charge < -0.3 is 10.5 Å². The van der Waals surface area contributed by atoms with Gasteiger partial charge in [0.1, 0.15) is 5.75 Å². The maximum Gasteiger partial charge on any atom is 0.119 e. The monoisotopic (exact) mass is 283 g/mol. The Hall–Kier alpha value is -1.80. The van der Waals surface area contributed by atoms with Crippen LogP contribution in [0.25, 0.3) is 0 Å². The zero-order chi connectivity index (χ0) is 15.4. The molecule has 2 rings (SSSR count). The van der Waals surface area contributed by atoms with Crippen LogP contribution in [0.4, 0.5) is 0 Å². The van der Waals surface area contributed by atoms with Gasteiger partial charge in [-0.15, -0.1) is 0 Å². The first-order valence-electron chi connectivity index (χ1n) is 7.59. The molecule has 1 unspecified atom stereocenters. The average molecular weight is 283 g/mol. The lowest BCUT2D eigenvalue weighted by molar-refractivity contribution is 0.317. The Bertz CT molecular complexity index is 596. The second-order valence-electron chi connectivity index (χ2n) is 5.71. The molecule has 2 aromatic rings. The largest absolute Gasteiger partial charge is 0.494 e. The fraction of sp³-hybridized carbons (Fsp3) is 0.368.